The van der Waals surface area contributed by atoms with Crippen LogP contribution < -0.4 is 4.74 Å². The van der Waals surface area contributed by atoms with Gasteiger partial charge in [0.15, 0.2) is 0 Å². The van der Waals surface area contributed by atoms with Gasteiger partial charge in [0.25, 0.3) is 0 Å². The van der Waals surface area contributed by atoms with Gasteiger partial charge in [-0.1, -0.05) is 42.5 Å². The number of unbranched alkanes of at least 4 members (excludes halogenated alkanes) is 1. The Balaban J connectivity index is 1.46. The molecule has 0 saturated carbocycles. The van der Waals surface area contributed by atoms with Crippen LogP contribution in [-0.4, -0.2) is 9.55 Å². The first-order chi connectivity index (χ1) is 11.4. The van der Waals surface area contributed by atoms with Crippen LogP contribution in [0.4, 0.5) is 0 Å². The van der Waals surface area contributed by atoms with Crippen molar-refractivity contribution in [1.29, 1.82) is 0 Å². The molecule has 0 unspecified atom stereocenters. The summed E-state index contributed by atoms with van der Waals surface area (Å²) in [5.74, 6) is 1.71. The molecule has 0 spiro atoms. The van der Waals surface area contributed by atoms with E-state index in [0.717, 1.165) is 30.9 Å². The molecule has 3 aromatic rings. The van der Waals surface area contributed by atoms with Crippen LogP contribution in [0.1, 0.15) is 18.4 Å². The van der Waals surface area contributed by atoms with E-state index in [4.69, 9.17) is 4.74 Å². The summed E-state index contributed by atoms with van der Waals surface area (Å²) >= 11 is 0. The predicted octanol–water partition coefficient (Wildman–Crippen LogP) is 5.17. The van der Waals surface area contributed by atoms with E-state index in [-0.39, 0.29) is 0 Å². The Kier molecular flexibility index (Phi) is 5.25. The quantitative estimate of drug-likeness (QED) is 0.563. The molecule has 23 heavy (non-hydrogen) atoms. The smallest absolute Gasteiger partial charge is 0.127 e. The molecule has 1 heterocycles. The first-order valence-electron chi connectivity index (χ1n) is 7.85. The van der Waals surface area contributed by atoms with Crippen LogP contribution in [0.3, 0.4) is 0 Å². The molecule has 0 bridgehead atoms. The molecule has 116 valence electrons. The third-order valence-electron chi connectivity index (χ3n) is 3.52. The van der Waals surface area contributed by atoms with E-state index in [1.54, 1.807) is 0 Å². The standard InChI is InChI=1S/C20H20N2O/c1-4-8-19(9-5-1)23-20-12-10-18(11-13-20)7-3-2-6-15-22-16-14-21-17-22/h1,3-5,7-14,16-17H,2,6,15H2. The van der Waals surface area contributed by atoms with Gasteiger partial charge in [-0.15, -0.1) is 0 Å². The Morgan fingerprint density at radius 3 is 2.48 bits per heavy atom. The first kappa shape index (κ1) is 15.1. The molecular formula is C20H20N2O. The summed E-state index contributed by atoms with van der Waals surface area (Å²) in [6.45, 7) is 1.01. The van der Waals surface area contributed by atoms with Crippen molar-refractivity contribution < 1.29 is 4.74 Å². The second kappa shape index (κ2) is 7.99. The topological polar surface area (TPSA) is 27.1 Å². The van der Waals surface area contributed by atoms with Crippen LogP contribution in [0.15, 0.2) is 79.4 Å². The van der Waals surface area contributed by atoms with Crippen LogP contribution in [0.2, 0.25) is 0 Å². The molecule has 1 aromatic heterocycles. The van der Waals surface area contributed by atoms with Crippen LogP contribution >= 0.6 is 0 Å². The summed E-state index contributed by atoms with van der Waals surface area (Å²) in [4.78, 5) is 4.04. The average Bonchev–Trinajstić information content (AvgIpc) is 3.10. The number of aryl methyl sites for hydroxylation is 1. The molecule has 0 aliphatic carbocycles. The molecule has 0 fully saturated rings. The summed E-state index contributed by atoms with van der Waals surface area (Å²) in [6.07, 6.45) is 12.2. The summed E-state index contributed by atoms with van der Waals surface area (Å²) in [7, 11) is 0. The van der Waals surface area contributed by atoms with E-state index in [1.807, 2.05) is 61.2 Å². The minimum atomic E-state index is 0.855. The van der Waals surface area contributed by atoms with Gasteiger partial charge in [0.05, 0.1) is 6.33 Å². The Morgan fingerprint density at radius 1 is 0.957 bits per heavy atom. The second-order valence-corrected chi connectivity index (χ2v) is 5.33. The van der Waals surface area contributed by atoms with Gasteiger partial charge in [0.2, 0.25) is 0 Å². The maximum atomic E-state index is 5.78. The van der Waals surface area contributed by atoms with Crippen LogP contribution in [0.25, 0.3) is 6.08 Å². The van der Waals surface area contributed by atoms with E-state index in [0.29, 0.717) is 0 Å². The number of benzene rings is 2. The zero-order chi connectivity index (χ0) is 15.7. The van der Waals surface area contributed by atoms with Crippen molar-refractivity contribution in [2.45, 2.75) is 19.4 Å². The maximum Gasteiger partial charge on any atom is 0.127 e. The zero-order valence-corrected chi connectivity index (χ0v) is 13.0. The molecule has 3 rings (SSSR count). The van der Waals surface area contributed by atoms with Crippen molar-refractivity contribution in [3.8, 4) is 11.5 Å². The van der Waals surface area contributed by atoms with E-state index < -0.39 is 0 Å². The van der Waals surface area contributed by atoms with E-state index in [1.165, 1.54) is 5.56 Å². The van der Waals surface area contributed by atoms with Crippen molar-refractivity contribution in [2.75, 3.05) is 0 Å². The monoisotopic (exact) mass is 304 g/mol. The third-order valence-corrected chi connectivity index (χ3v) is 3.52. The van der Waals surface area contributed by atoms with Crippen LogP contribution in [-0.2, 0) is 6.54 Å². The third kappa shape index (κ3) is 4.85. The van der Waals surface area contributed by atoms with Gasteiger partial charge < -0.3 is 9.30 Å². The Bertz CT molecular complexity index is 716. The van der Waals surface area contributed by atoms with Crippen molar-refractivity contribution in [3.63, 3.8) is 0 Å². The van der Waals surface area contributed by atoms with Gasteiger partial charge in [-0.2, -0.15) is 0 Å². The highest BCUT2D eigenvalue weighted by Crippen LogP contribution is 2.21. The van der Waals surface area contributed by atoms with Crippen LogP contribution in [0, 0.1) is 0 Å². The highest BCUT2D eigenvalue weighted by molar-refractivity contribution is 5.50. The van der Waals surface area contributed by atoms with Gasteiger partial charge >= 0.3 is 0 Å². The zero-order valence-electron chi connectivity index (χ0n) is 13.0. The number of ether oxygens (including phenoxy) is 1. The van der Waals surface area contributed by atoms with Crippen molar-refractivity contribution >= 4 is 6.08 Å². The summed E-state index contributed by atoms with van der Waals surface area (Å²) < 4.78 is 7.89. The minimum absolute atomic E-state index is 0.855. The number of allylic oxidation sites excluding steroid dienone is 1. The maximum absolute atomic E-state index is 5.78. The average molecular weight is 304 g/mol. The lowest BCUT2D eigenvalue weighted by atomic mass is 10.2. The summed E-state index contributed by atoms with van der Waals surface area (Å²) in [6, 6.07) is 18.0. The highest BCUT2D eigenvalue weighted by Gasteiger charge is 1.96. The molecule has 0 N–H and O–H groups in total. The molecule has 3 heteroatoms. The number of hydrogen-bond donors (Lipinski definition) is 0. The van der Waals surface area contributed by atoms with E-state index in [2.05, 4.69) is 33.8 Å². The van der Waals surface area contributed by atoms with Gasteiger partial charge in [-0.25, -0.2) is 4.98 Å². The van der Waals surface area contributed by atoms with E-state index >= 15 is 0 Å². The van der Waals surface area contributed by atoms with Crippen LogP contribution in [0.5, 0.6) is 11.5 Å². The molecule has 0 atom stereocenters. The largest absolute Gasteiger partial charge is 0.457 e. The Morgan fingerprint density at radius 2 is 1.74 bits per heavy atom. The predicted molar refractivity (Wildman–Crippen MR) is 93.5 cm³/mol. The van der Waals surface area contributed by atoms with Crippen molar-refractivity contribution in [2.24, 2.45) is 0 Å². The molecule has 0 radical (unpaired) electrons. The Labute approximate surface area is 136 Å². The number of rotatable bonds is 7. The fourth-order valence-electron chi connectivity index (χ4n) is 2.30. The highest BCUT2D eigenvalue weighted by atomic mass is 16.5. The van der Waals surface area contributed by atoms with Crippen molar-refractivity contribution in [1.82, 2.24) is 9.55 Å². The fourth-order valence-corrected chi connectivity index (χ4v) is 2.30. The minimum Gasteiger partial charge on any atom is -0.457 e. The van der Waals surface area contributed by atoms with Gasteiger partial charge in [0.1, 0.15) is 11.5 Å². The van der Waals surface area contributed by atoms with Crippen molar-refractivity contribution in [3.05, 3.63) is 85.0 Å². The SMILES string of the molecule is C(=Cc1ccc(Oc2ccccc2)cc1)CCCn1ccnc1. The molecule has 0 saturated heterocycles. The number of nitrogens with zero attached hydrogens (tertiary/aromatic N) is 2. The number of aromatic nitrogens is 2. The molecular weight excluding hydrogens is 284 g/mol. The molecule has 3 nitrogen and oxygen atoms in total. The lowest BCUT2D eigenvalue weighted by Crippen LogP contribution is -1.92. The summed E-state index contributed by atoms with van der Waals surface area (Å²) in [5, 5.41) is 0. The van der Waals surface area contributed by atoms with E-state index in [9.17, 15) is 0 Å². The fraction of sp³-hybridized carbons (Fsp3) is 0.150. The Hall–Kier alpha value is -2.81. The molecule has 0 aliphatic heterocycles. The van der Waals surface area contributed by atoms with Gasteiger partial charge in [0, 0.05) is 18.9 Å². The lowest BCUT2D eigenvalue weighted by molar-refractivity contribution is 0.482. The summed E-state index contributed by atoms with van der Waals surface area (Å²) in [5.41, 5.74) is 1.19. The number of hydrogen-bond acceptors (Lipinski definition) is 2. The normalized spacial score (nSPS) is 11.0. The molecule has 2 aromatic carbocycles. The van der Waals surface area contributed by atoms with Gasteiger partial charge in [-0.05, 0) is 42.7 Å². The molecule has 0 amide bonds. The first-order valence-corrected chi connectivity index (χ1v) is 7.85. The van der Waals surface area contributed by atoms with Gasteiger partial charge in [-0.3, -0.25) is 0 Å². The lowest BCUT2D eigenvalue weighted by Gasteiger charge is -2.05. The second-order valence-electron chi connectivity index (χ2n) is 5.33. The number of para-hydroxylation sites is 1. The molecule has 0 aliphatic rings. The number of imidazole rings is 1.